The minimum atomic E-state index is -0.529. The van der Waals surface area contributed by atoms with Gasteiger partial charge in [-0.1, -0.05) is 30.3 Å². The summed E-state index contributed by atoms with van der Waals surface area (Å²) in [6, 6.07) is 14.3. The van der Waals surface area contributed by atoms with Gasteiger partial charge in [-0.25, -0.2) is 8.78 Å². The molecule has 0 bridgehead atoms. The Morgan fingerprint density at radius 1 is 1.11 bits per heavy atom. The second kappa shape index (κ2) is 8.94. The Morgan fingerprint density at radius 2 is 1.81 bits per heavy atom. The van der Waals surface area contributed by atoms with Gasteiger partial charge in [0.25, 0.3) is 0 Å². The van der Waals surface area contributed by atoms with E-state index in [4.69, 9.17) is 4.74 Å². The molecule has 2 atom stereocenters. The summed E-state index contributed by atoms with van der Waals surface area (Å²) in [6.07, 6.45) is 3.10. The van der Waals surface area contributed by atoms with Gasteiger partial charge in [0, 0.05) is 19.2 Å². The molecule has 1 heterocycles. The molecule has 0 aromatic heterocycles. The van der Waals surface area contributed by atoms with Crippen LogP contribution in [0.3, 0.4) is 0 Å². The Morgan fingerprint density at radius 3 is 2.48 bits per heavy atom. The van der Waals surface area contributed by atoms with Gasteiger partial charge in [-0.15, -0.1) is 0 Å². The number of halogens is 2. The molecule has 0 saturated carbocycles. The van der Waals surface area contributed by atoms with Crippen molar-refractivity contribution in [2.45, 2.75) is 51.2 Å². The van der Waals surface area contributed by atoms with Crippen LogP contribution in [0.2, 0.25) is 0 Å². The maximum absolute atomic E-state index is 13.3. The number of nitrogens with one attached hydrogen (secondary N) is 1. The van der Waals surface area contributed by atoms with Gasteiger partial charge in [-0.3, -0.25) is 0 Å². The van der Waals surface area contributed by atoms with Gasteiger partial charge < -0.3 is 10.1 Å². The van der Waals surface area contributed by atoms with E-state index in [0.29, 0.717) is 23.9 Å². The van der Waals surface area contributed by atoms with Crippen molar-refractivity contribution in [3.05, 3.63) is 71.3 Å². The largest absolute Gasteiger partial charge is 0.376 e. The Hall–Kier alpha value is -1.78. The lowest BCUT2D eigenvalue weighted by atomic mass is 9.75. The van der Waals surface area contributed by atoms with E-state index in [9.17, 15) is 8.78 Å². The molecule has 1 fully saturated rings. The van der Waals surface area contributed by atoms with Crippen LogP contribution in [0, 0.1) is 17.6 Å². The standard InChI is InChI=1S/C23H29F2NO/c1-23(2)15-19(9-11-27-23)22(18-6-4-3-5-7-18)8-10-26-16-17-12-20(24)14-21(25)13-17/h3-7,12-14,19,22,26H,8-11,15-16H2,1-2H3/t19-,22-/m1/s1. The summed E-state index contributed by atoms with van der Waals surface area (Å²) in [7, 11) is 0. The molecule has 3 rings (SSSR count). The molecule has 1 saturated heterocycles. The number of ether oxygens (including phenoxy) is 1. The molecule has 0 unspecified atom stereocenters. The molecule has 2 aromatic carbocycles. The summed E-state index contributed by atoms with van der Waals surface area (Å²) in [5, 5.41) is 3.35. The summed E-state index contributed by atoms with van der Waals surface area (Å²) in [5.41, 5.74) is 1.91. The molecular formula is C23H29F2NO. The van der Waals surface area contributed by atoms with Gasteiger partial charge in [-0.05, 0) is 74.8 Å². The predicted molar refractivity (Wildman–Crippen MR) is 105 cm³/mol. The summed E-state index contributed by atoms with van der Waals surface area (Å²) in [4.78, 5) is 0. The van der Waals surface area contributed by atoms with Crippen LogP contribution >= 0.6 is 0 Å². The molecule has 0 amide bonds. The predicted octanol–water partition coefficient (Wildman–Crippen LogP) is 5.43. The molecule has 4 heteroatoms. The highest BCUT2D eigenvalue weighted by Gasteiger charge is 2.33. The molecule has 1 aliphatic heterocycles. The van der Waals surface area contributed by atoms with E-state index in [0.717, 1.165) is 38.5 Å². The molecule has 0 spiro atoms. The van der Waals surface area contributed by atoms with E-state index >= 15 is 0 Å². The second-order valence-electron chi connectivity index (χ2n) is 8.12. The van der Waals surface area contributed by atoms with Crippen LogP contribution in [-0.4, -0.2) is 18.8 Å². The third-order valence-electron chi connectivity index (χ3n) is 5.42. The van der Waals surface area contributed by atoms with Crippen molar-refractivity contribution in [3.8, 4) is 0 Å². The highest BCUT2D eigenvalue weighted by Crippen LogP contribution is 2.39. The minimum absolute atomic E-state index is 0.0809. The van der Waals surface area contributed by atoms with E-state index in [-0.39, 0.29) is 5.60 Å². The Balaban J connectivity index is 1.62. The molecular weight excluding hydrogens is 344 g/mol. The molecule has 27 heavy (non-hydrogen) atoms. The minimum Gasteiger partial charge on any atom is -0.376 e. The van der Waals surface area contributed by atoms with E-state index in [1.54, 1.807) is 0 Å². The summed E-state index contributed by atoms with van der Waals surface area (Å²) in [5.74, 6) is -0.0347. The fourth-order valence-corrected chi connectivity index (χ4v) is 4.20. The number of benzene rings is 2. The van der Waals surface area contributed by atoms with Gasteiger partial charge in [0.1, 0.15) is 11.6 Å². The highest BCUT2D eigenvalue weighted by atomic mass is 19.1. The lowest BCUT2D eigenvalue weighted by molar-refractivity contribution is -0.0771. The number of hydrogen-bond acceptors (Lipinski definition) is 2. The van der Waals surface area contributed by atoms with Crippen LogP contribution in [0.4, 0.5) is 8.78 Å². The second-order valence-corrected chi connectivity index (χ2v) is 8.12. The van der Waals surface area contributed by atoms with Crippen LogP contribution in [0.25, 0.3) is 0 Å². The lowest BCUT2D eigenvalue weighted by Gasteiger charge is -2.39. The van der Waals surface area contributed by atoms with Crippen molar-refractivity contribution in [2.24, 2.45) is 5.92 Å². The first kappa shape index (κ1) is 20.0. The van der Waals surface area contributed by atoms with Gasteiger partial charge in [0.05, 0.1) is 5.60 Å². The van der Waals surface area contributed by atoms with Crippen molar-refractivity contribution in [2.75, 3.05) is 13.2 Å². The fraction of sp³-hybridized carbons (Fsp3) is 0.478. The zero-order chi connectivity index (χ0) is 19.3. The first-order valence-corrected chi connectivity index (χ1v) is 9.77. The quantitative estimate of drug-likeness (QED) is 0.653. The molecule has 1 aliphatic rings. The van der Waals surface area contributed by atoms with Crippen LogP contribution in [-0.2, 0) is 11.3 Å². The monoisotopic (exact) mass is 373 g/mol. The first-order chi connectivity index (χ1) is 12.9. The Bertz CT molecular complexity index is 712. The molecule has 1 N–H and O–H groups in total. The molecule has 0 radical (unpaired) electrons. The SMILES string of the molecule is CC1(C)C[C@H]([C@H](CCNCc2cc(F)cc(F)c2)c2ccccc2)CCO1. The molecule has 2 nitrogen and oxygen atoms in total. The third-order valence-corrected chi connectivity index (χ3v) is 5.42. The third kappa shape index (κ3) is 5.85. The highest BCUT2D eigenvalue weighted by molar-refractivity contribution is 5.21. The normalized spacial score (nSPS) is 20.4. The topological polar surface area (TPSA) is 21.3 Å². The zero-order valence-corrected chi connectivity index (χ0v) is 16.2. The zero-order valence-electron chi connectivity index (χ0n) is 16.2. The van der Waals surface area contributed by atoms with Crippen LogP contribution < -0.4 is 5.32 Å². The summed E-state index contributed by atoms with van der Waals surface area (Å²) in [6.45, 7) is 6.40. The average Bonchev–Trinajstić information content (AvgIpc) is 2.61. The maximum atomic E-state index is 13.3. The maximum Gasteiger partial charge on any atom is 0.126 e. The van der Waals surface area contributed by atoms with E-state index in [1.807, 2.05) is 6.07 Å². The Kier molecular flexibility index (Phi) is 6.61. The molecule has 146 valence electrons. The van der Waals surface area contributed by atoms with E-state index in [1.165, 1.54) is 17.7 Å². The fourth-order valence-electron chi connectivity index (χ4n) is 4.20. The van der Waals surface area contributed by atoms with Crippen LogP contribution in [0.15, 0.2) is 48.5 Å². The van der Waals surface area contributed by atoms with Gasteiger partial charge >= 0.3 is 0 Å². The van der Waals surface area contributed by atoms with Crippen LogP contribution in [0.1, 0.15) is 50.2 Å². The molecule has 2 aromatic rings. The number of hydrogen-bond donors (Lipinski definition) is 1. The molecule has 0 aliphatic carbocycles. The first-order valence-electron chi connectivity index (χ1n) is 9.77. The van der Waals surface area contributed by atoms with Crippen molar-refractivity contribution >= 4 is 0 Å². The number of rotatable bonds is 7. The Labute approximate surface area is 160 Å². The summed E-state index contributed by atoms with van der Waals surface area (Å²) < 4.78 is 32.5. The lowest BCUT2D eigenvalue weighted by Crippen LogP contribution is -2.36. The van der Waals surface area contributed by atoms with Crippen molar-refractivity contribution in [1.29, 1.82) is 0 Å². The van der Waals surface area contributed by atoms with Gasteiger partial charge in [-0.2, -0.15) is 0 Å². The van der Waals surface area contributed by atoms with Crippen LogP contribution in [0.5, 0.6) is 0 Å². The summed E-state index contributed by atoms with van der Waals surface area (Å²) >= 11 is 0. The van der Waals surface area contributed by atoms with Crippen molar-refractivity contribution < 1.29 is 13.5 Å². The van der Waals surface area contributed by atoms with Gasteiger partial charge in [0.15, 0.2) is 0 Å². The van der Waals surface area contributed by atoms with Crippen molar-refractivity contribution in [3.63, 3.8) is 0 Å². The van der Waals surface area contributed by atoms with Crippen molar-refractivity contribution in [1.82, 2.24) is 5.32 Å². The van der Waals surface area contributed by atoms with Gasteiger partial charge in [0.2, 0.25) is 0 Å². The average molecular weight is 373 g/mol. The smallest absolute Gasteiger partial charge is 0.126 e. The van der Waals surface area contributed by atoms with E-state index in [2.05, 4.69) is 43.4 Å². The van der Waals surface area contributed by atoms with E-state index < -0.39 is 11.6 Å².